The number of rotatable bonds is 5. The van der Waals surface area contributed by atoms with Crippen LogP contribution in [0.3, 0.4) is 0 Å². The Hall–Kier alpha value is -1.40. The molecule has 126 valence electrons. The van der Waals surface area contributed by atoms with Crippen LogP contribution in [0, 0.1) is 6.92 Å². The van der Waals surface area contributed by atoms with Crippen LogP contribution in [0.4, 0.5) is 0 Å². The van der Waals surface area contributed by atoms with E-state index in [2.05, 4.69) is 15.9 Å². The maximum Gasteiger partial charge on any atom is 0.317 e. The second-order valence-corrected chi connectivity index (χ2v) is 6.82. The second-order valence-electron chi connectivity index (χ2n) is 5.96. The number of aryl methyl sites for hydroxylation is 1. The number of hydrogen-bond donors (Lipinski definition) is 1. The Morgan fingerprint density at radius 1 is 1.35 bits per heavy atom. The van der Waals surface area contributed by atoms with Gasteiger partial charge in [-0.2, -0.15) is 0 Å². The topological polar surface area (TPSA) is 60.9 Å². The highest BCUT2D eigenvalue weighted by Gasteiger charge is 2.28. The molecule has 1 aliphatic heterocycles. The number of carboxylic acids is 1. The monoisotopic (exact) mass is 382 g/mol. The molecule has 1 fully saturated rings. The molecule has 1 aromatic carbocycles. The average Bonchev–Trinajstić information content (AvgIpc) is 2.52. The lowest BCUT2D eigenvalue weighted by molar-refractivity contribution is -0.139. The molecule has 0 spiro atoms. The van der Waals surface area contributed by atoms with Crippen LogP contribution < -0.4 is 0 Å². The average molecular weight is 383 g/mol. The molecule has 0 bridgehead atoms. The molecule has 1 N–H and O–H groups in total. The van der Waals surface area contributed by atoms with Crippen LogP contribution in [-0.4, -0.2) is 59.0 Å². The first-order valence-corrected chi connectivity index (χ1v) is 8.73. The minimum Gasteiger partial charge on any atom is -0.480 e. The summed E-state index contributed by atoms with van der Waals surface area (Å²) in [6.07, 6.45) is 1.63. The van der Waals surface area contributed by atoms with Crippen LogP contribution in [0.25, 0.3) is 0 Å². The number of likely N-dealkylation sites (tertiary alicyclic amines) is 1. The molecule has 0 atom stereocenters. The minimum atomic E-state index is -0.797. The Morgan fingerprint density at radius 2 is 2.00 bits per heavy atom. The number of hydrogen-bond acceptors (Lipinski definition) is 3. The Bertz CT molecular complexity index is 583. The zero-order valence-electron chi connectivity index (χ0n) is 13.6. The Kier molecular flexibility index (Phi) is 6.18. The summed E-state index contributed by atoms with van der Waals surface area (Å²) in [5.74, 6) is -0.759. The molecule has 0 aromatic heterocycles. The number of likely N-dealkylation sites (N-methyl/N-ethyl adjacent to an activating group) is 1. The molecule has 1 heterocycles. The molecular weight excluding hydrogens is 360 g/mol. The number of piperidine rings is 1. The molecule has 0 aliphatic carbocycles. The van der Waals surface area contributed by atoms with E-state index in [1.54, 1.807) is 0 Å². The van der Waals surface area contributed by atoms with Crippen molar-refractivity contribution in [3.63, 3.8) is 0 Å². The van der Waals surface area contributed by atoms with Gasteiger partial charge in [-0.15, -0.1) is 0 Å². The highest BCUT2D eigenvalue weighted by atomic mass is 79.9. The maximum atomic E-state index is 12.6. The van der Waals surface area contributed by atoms with Gasteiger partial charge >= 0.3 is 5.97 Å². The SMILES string of the molecule is CCN(CC(=O)O)C1CCN(C(=O)c2ccc(C)cc2Br)CC1. The highest BCUT2D eigenvalue weighted by molar-refractivity contribution is 9.10. The molecule has 23 heavy (non-hydrogen) atoms. The number of carboxylic acid groups (broad SMARTS) is 1. The molecule has 5 nitrogen and oxygen atoms in total. The van der Waals surface area contributed by atoms with Crippen molar-refractivity contribution in [2.75, 3.05) is 26.2 Å². The Labute approximate surface area is 145 Å². The molecule has 1 aliphatic rings. The summed E-state index contributed by atoms with van der Waals surface area (Å²) >= 11 is 3.47. The predicted molar refractivity (Wildman–Crippen MR) is 92.7 cm³/mol. The second kappa shape index (κ2) is 7.93. The molecule has 1 aromatic rings. The molecule has 0 saturated carbocycles. The lowest BCUT2D eigenvalue weighted by Crippen LogP contribution is -2.48. The van der Waals surface area contributed by atoms with Crippen LogP contribution in [-0.2, 0) is 4.79 Å². The number of aliphatic carboxylic acids is 1. The van der Waals surface area contributed by atoms with Gasteiger partial charge in [-0.1, -0.05) is 13.0 Å². The Balaban J connectivity index is 1.98. The number of benzene rings is 1. The molecule has 0 radical (unpaired) electrons. The first-order chi connectivity index (χ1) is 10.9. The van der Waals surface area contributed by atoms with Gasteiger partial charge in [0.15, 0.2) is 0 Å². The first kappa shape index (κ1) is 17.9. The smallest absolute Gasteiger partial charge is 0.317 e. The van der Waals surface area contributed by atoms with Gasteiger partial charge in [0.2, 0.25) is 0 Å². The standard InChI is InChI=1S/C17H23BrN2O3/c1-3-19(11-16(21)22)13-6-8-20(9-7-13)17(23)14-5-4-12(2)10-15(14)18/h4-5,10,13H,3,6-9,11H2,1-2H3,(H,21,22). The minimum absolute atomic E-state index is 0.0385. The van der Waals surface area contributed by atoms with Crippen molar-refractivity contribution in [1.29, 1.82) is 0 Å². The molecule has 2 rings (SSSR count). The van der Waals surface area contributed by atoms with Gasteiger partial charge in [-0.05, 0) is 59.9 Å². The number of amides is 1. The summed E-state index contributed by atoms with van der Waals surface area (Å²) in [6, 6.07) is 5.99. The maximum absolute atomic E-state index is 12.6. The van der Waals surface area contributed by atoms with Crippen molar-refractivity contribution >= 4 is 27.8 Å². The van der Waals surface area contributed by atoms with Crippen molar-refractivity contribution < 1.29 is 14.7 Å². The van der Waals surface area contributed by atoms with Crippen LogP contribution in [0.15, 0.2) is 22.7 Å². The fraction of sp³-hybridized carbons (Fsp3) is 0.529. The van der Waals surface area contributed by atoms with E-state index in [0.717, 1.165) is 22.9 Å². The number of nitrogens with zero attached hydrogens (tertiary/aromatic N) is 2. The molecule has 1 amide bonds. The molecular formula is C17H23BrN2O3. The number of carbonyl (C=O) groups excluding carboxylic acids is 1. The normalized spacial score (nSPS) is 15.9. The summed E-state index contributed by atoms with van der Waals surface area (Å²) in [5.41, 5.74) is 1.80. The van der Waals surface area contributed by atoms with E-state index in [1.165, 1.54) is 0 Å². The quantitative estimate of drug-likeness (QED) is 0.850. The third-order valence-corrected chi connectivity index (χ3v) is 5.02. The van der Waals surface area contributed by atoms with E-state index >= 15 is 0 Å². The van der Waals surface area contributed by atoms with Gasteiger partial charge in [0.05, 0.1) is 12.1 Å². The number of carbonyl (C=O) groups is 2. The molecule has 1 saturated heterocycles. The predicted octanol–water partition coefficient (Wildman–Crippen LogP) is 2.77. The summed E-state index contributed by atoms with van der Waals surface area (Å²) in [6.45, 7) is 6.09. The third-order valence-electron chi connectivity index (χ3n) is 4.37. The van der Waals surface area contributed by atoms with Crippen molar-refractivity contribution in [2.45, 2.75) is 32.7 Å². The van der Waals surface area contributed by atoms with Gasteiger partial charge in [0.1, 0.15) is 0 Å². The summed E-state index contributed by atoms with van der Waals surface area (Å²) < 4.78 is 0.825. The van der Waals surface area contributed by atoms with Crippen LogP contribution in [0.1, 0.15) is 35.7 Å². The van der Waals surface area contributed by atoms with Gasteiger partial charge in [0, 0.05) is 23.6 Å². The van der Waals surface area contributed by atoms with Crippen molar-refractivity contribution in [3.05, 3.63) is 33.8 Å². The van der Waals surface area contributed by atoms with E-state index in [9.17, 15) is 9.59 Å². The zero-order chi connectivity index (χ0) is 17.0. The largest absolute Gasteiger partial charge is 0.480 e. The fourth-order valence-electron chi connectivity index (χ4n) is 3.07. The van der Waals surface area contributed by atoms with Crippen molar-refractivity contribution in [1.82, 2.24) is 9.80 Å². The van der Waals surface area contributed by atoms with Crippen LogP contribution in [0.5, 0.6) is 0 Å². The molecule has 6 heteroatoms. The summed E-state index contributed by atoms with van der Waals surface area (Å²) in [4.78, 5) is 27.4. The van der Waals surface area contributed by atoms with E-state index in [-0.39, 0.29) is 18.5 Å². The van der Waals surface area contributed by atoms with E-state index in [4.69, 9.17) is 5.11 Å². The Morgan fingerprint density at radius 3 is 2.52 bits per heavy atom. The van der Waals surface area contributed by atoms with Gasteiger partial charge in [0.25, 0.3) is 5.91 Å². The van der Waals surface area contributed by atoms with Gasteiger partial charge in [-0.3, -0.25) is 14.5 Å². The van der Waals surface area contributed by atoms with Crippen molar-refractivity contribution in [3.8, 4) is 0 Å². The fourth-order valence-corrected chi connectivity index (χ4v) is 3.73. The van der Waals surface area contributed by atoms with E-state index < -0.39 is 5.97 Å². The van der Waals surface area contributed by atoms with Crippen LogP contribution in [0.2, 0.25) is 0 Å². The molecule has 0 unspecified atom stereocenters. The van der Waals surface area contributed by atoms with Crippen molar-refractivity contribution in [2.24, 2.45) is 0 Å². The lowest BCUT2D eigenvalue weighted by Gasteiger charge is -2.37. The highest BCUT2D eigenvalue weighted by Crippen LogP contribution is 2.23. The van der Waals surface area contributed by atoms with E-state index in [0.29, 0.717) is 25.2 Å². The van der Waals surface area contributed by atoms with Crippen LogP contribution >= 0.6 is 15.9 Å². The lowest BCUT2D eigenvalue weighted by atomic mass is 10.0. The summed E-state index contributed by atoms with van der Waals surface area (Å²) in [7, 11) is 0. The zero-order valence-corrected chi connectivity index (χ0v) is 15.2. The first-order valence-electron chi connectivity index (χ1n) is 7.93. The summed E-state index contributed by atoms with van der Waals surface area (Å²) in [5, 5.41) is 8.98. The number of halogens is 1. The van der Waals surface area contributed by atoms with Gasteiger partial charge < -0.3 is 10.0 Å². The third kappa shape index (κ3) is 4.54. The van der Waals surface area contributed by atoms with E-state index in [1.807, 2.05) is 41.8 Å². The van der Waals surface area contributed by atoms with Gasteiger partial charge in [-0.25, -0.2) is 0 Å².